The molecule has 0 saturated carbocycles. The number of aryl methyl sites for hydroxylation is 2. The minimum Gasteiger partial charge on any atom is -0.462 e. The van der Waals surface area contributed by atoms with E-state index in [1.165, 1.54) is 4.31 Å². The molecule has 1 aromatic heterocycles. The van der Waals surface area contributed by atoms with Gasteiger partial charge in [0.2, 0.25) is 15.8 Å². The number of nitrogens with zero attached hydrogens (tertiary/aromatic N) is 1. The summed E-state index contributed by atoms with van der Waals surface area (Å²) in [6, 6.07) is 0. The van der Waals surface area contributed by atoms with Crippen molar-refractivity contribution in [2.24, 2.45) is 5.92 Å². The molecule has 1 fully saturated rings. The average Bonchev–Trinajstić information content (AvgIpc) is 2.93. The van der Waals surface area contributed by atoms with E-state index in [2.05, 4.69) is 4.98 Å². The molecule has 0 aromatic carbocycles. The standard InChI is InChI=1S/C18H26N2O7S/c1-5-26-18(23)16-12(3)19-11(2)15(16)14(21)10-27-17(22)13-6-8-20(9-7-13)28(4,24)25/h13,19H,5-10H2,1-4H3. The Morgan fingerprint density at radius 2 is 1.64 bits per heavy atom. The number of carbonyl (C=O) groups excluding carboxylic acids is 3. The fourth-order valence-electron chi connectivity index (χ4n) is 3.34. The third-order valence-electron chi connectivity index (χ3n) is 4.74. The van der Waals surface area contributed by atoms with Gasteiger partial charge in [-0.05, 0) is 33.6 Å². The Balaban J connectivity index is 2.00. The molecule has 1 N–H and O–H groups in total. The van der Waals surface area contributed by atoms with Crippen LogP contribution in [0.25, 0.3) is 0 Å². The molecule has 10 heteroatoms. The lowest BCUT2D eigenvalue weighted by Crippen LogP contribution is -2.40. The predicted molar refractivity (Wildman–Crippen MR) is 101 cm³/mol. The van der Waals surface area contributed by atoms with E-state index in [1.54, 1.807) is 20.8 Å². The molecule has 0 radical (unpaired) electrons. The molecule has 2 heterocycles. The fourth-order valence-corrected chi connectivity index (χ4v) is 4.21. The van der Waals surface area contributed by atoms with Crippen molar-refractivity contribution >= 4 is 27.7 Å². The molecule has 0 bridgehead atoms. The normalized spacial score (nSPS) is 16.0. The van der Waals surface area contributed by atoms with Crippen molar-refractivity contribution in [3.63, 3.8) is 0 Å². The predicted octanol–water partition coefficient (Wildman–Crippen LogP) is 1.21. The number of ether oxygens (including phenoxy) is 2. The summed E-state index contributed by atoms with van der Waals surface area (Å²) in [7, 11) is -3.28. The van der Waals surface area contributed by atoms with Crippen molar-refractivity contribution in [3.05, 3.63) is 22.5 Å². The summed E-state index contributed by atoms with van der Waals surface area (Å²) in [4.78, 5) is 39.9. The number of esters is 2. The van der Waals surface area contributed by atoms with Crippen LogP contribution in [0.3, 0.4) is 0 Å². The van der Waals surface area contributed by atoms with Crippen LogP contribution in [0.1, 0.15) is 51.9 Å². The van der Waals surface area contributed by atoms with Gasteiger partial charge in [-0.25, -0.2) is 17.5 Å². The number of carbonyl (C=O) groups is 3. The van der Waals surface area contributed by atoms with E-state index in [0.29, 0.717) is 24.2 Å². The van der Waals surface area contributed by atoms with Gasteiger partial charge < -0.3 is 14.5 Å². The Bertz CT molecular complexity index is 865. The van der Waals surface area contributed by atoms with Gasteiger partial charge in [-0.3, -0.25) is 9.59 Å². The molecule has 0 amide bonds. The Morgan fingerprint density at radius 3 is 2.18 bits per heavy atom. The number of ketones is 1. The summed E-state index contributed by atoms with van der Waals surface area (Å²) in [5.74, 6) is -2.09. The molecule has 1 aromatic rings. The fraction of sp³-hybridized carbons (Fsp3) is 0.611. The first-order valence-corrected chi connectivity index (χ1v) is 10.9. The van der Waals surface area contributed by atoms with E-state index >= 15 is 0 Å². The lowest BCUT2D eigenvalue weighted by molar-refractivity contribution is -0.148. The van der Waals surface area contributed by atoms with Gasteiger partial charge >= 0.3 is 11.9 Å². The van der Waals surface area contributed by atoms with Crippen LogP contribution in [0.2, 0.25) is 0 Å². The molecule has 9 nitrogen and oxygen atoms in total. The SMILES string of the molecule is CCOC(=O)c1c(C)[nH]c(C)c1C(=O)COC(=O)C1CCN(S(C)(=O)=O)CC1. The van der Waals surface area contributed by atoms with Crippen LogP contribution in [0.4, 0.5) is 0 Å². The second-order valence-corrected chi connectivity index (χ2v) is 8.80. The van der Waals surface area contributed by atoms with E-state index in [1.807, 2.05) is 0 Å². The molecule has 1 saturated heterocycles. The highest BCUT2D eigenvalue weighted by Gasteiger charge is 2.31. The number of rotatable bonds is 7. The van der Waals surface area contributed by atoms with Crippen molar-refractivity contribution in [1.29, 1.82) is 0 Å². The number of Topliss-reactive ketones (excluding diaryl/α,β-unsaturated/α-hetero) is 1. The topological polar surface area (TPSA) is 123 Å². The Kier molecular flexibility index (Phi) is 7.00. The van der Waals surface area contributed by atoms with Crippen molar-refractivity contribution < 1.29 is 32.3 Å². The summed E-state index contributed by atoms with van der Waals surface area (Å²) in [5.41, 5.74) is 1.33. The lowest BCUT2D eigenvalue weighted by Gasteiger charge is -2.28. The number of piperidine rings is 1. The number of sulfonamides is 1. The average molecular weight is 414 g/mol. The molecule has 1 aliphatic rings. The van der Waals surface area contributed by atoms with Crippen LogP contribution in [0.5, 0.6) is 0 Å². The highest BCUT2D eigenvalue weighted by atomic mass is 32.2. The zero-order valence-electron chi connectivity index (χ0n) is 16.5. The number of hydrogen-bond donors (Lipinski definition) is 1. The number of H-pyrrole nitrogens is 1. The molecular formula is C18H26N2O7S. The first-order valence-electron chi connectivity index (χ1n) is 9.07. The van der Waals surface area contributed by atoms with Crippen molar-refractivity contribution in [1.82, 2.24) is 9.29 Å². The third kappa shape index (κ3) is 4.99. The van der Waals surface area contributed by atoms with Crippen LogP contribution in [-0.2, 0) is 24.3 Å². The summed E-state index contributed by atoms with van der Waals surface area (Å²) < 4.78 is 34.5. The van der Waals surface area contributed by atoms with Gasteiger partial charge in [0.1, 0.15) is 0 Å². The van der Waals surface area contributed by atoms with Crippen molar-refractivity contribution in [2.45, 2.75) is 33.6 Å². The van der Waals surface area contributed by atoms with Gasteiger partial charge in [-0.2, -0.15) is 0 Å². The maximum absolute atomic E-state index is 12.6. The first kappa shape index (κ1) is 22.1. The molecule has 0 spiro atoms. The zero-order valence-corrected chi connectivity index (χ0v) is 17.3. The van der Waals surface area contributed by atoms with Crippen LogP contribution in [0, 0.1) is 19.8 Å². The Labute approximate surface area is 164 Å². The molecular weight excluding hydrogens is 388 g/mol. The summed E-state index contributed by atoms with van der Waals surface area (Å²) in [6.07, 6.45) is 1.82. The maximum atomic E-state index is 12.6. The summed E-state index contributed by atoms with van der Waals surface area (Å²) >= 11 is 0. The second kappa shape index (κ2) is 8.87. The number of hydrogen-bond acceptors (Lipinski definition) is 7. The van der Waals surface area contributed by atoms with Crippen molar-refractivity contribution in [2.75, 3.05) is 32.6 Å². The van der Waals surface area contributed by atoms with Crippen molar-refractivity contribution in [3.8, 4) is 0 Å². The van der Waals surface area contributed by atoms with E-state index < -0.39 is 40.3 Å². The van der Waals surface area contributed by atoms with Crippen LogP contribution in [0.15, 0.2) is 0 Å². The van der Waals surface area contributed by atoms with Crippen LogP contribution in [-0.4, -0.2) is 68.0 Å². The Morgan fingerprint density at radius 1 is 1.07 bits per heavy atom. The zero-order chi connectivity index (χ0) is 21.1. The largest absolute Gasteiger partial charge is 0.462 e. The van der Waals surface area contributed by atoms with Crippen LogP contribution >= 0.6 is 0 Å². The highest BCUT2D eigenvalue weighted by Crippen LogP contribution is 2.22. The van der Waals surface area contributed by atoms with E-state index in [4.69, 9.17) is 9.47 Å². The molecule has 28 heavy (non-hydrogen) atoms. The highest BCUT2D eigenvalue weighted by molar-refractivity contribution is 7.88. The third-order valence-corrected chi connectivity index (χ3v) is 6.04. The number of nitrogens with one attached hydrogen (secondary N) is 1. The van der Waals surface area contributed by atoms with Crippen LogP contribution < -0.4 is 0 Å². The minimum atomic E-state index is -3.28. The summed E-state index contributed by atoms with van der Waals surface area (Å²) in [5, 5.41) is 0. The second-order valence-electron chi connectivity index (χ2n) is 6.81. The minimum absolute atomic E-state index is 0.154. The van der Waals surface area contributed by atoms with Gasteiger partial charge in [0.25, 0.3) is 0 Å². The number of aromatic amines is 1. The van der Waals surface area contributed by atoms with Gasteiger partial charge in [0.15, 0.2) is 6.61 Å². The van der Waals surface area contributed by atoms with Gasteiger partial charge in [0.05, 0.1) is 29.9 Å². The molecule has 156 valence electrons. The smallest absolute Gasteiger partial charge is 0.340 e. The van der Waals surface area contributed by atoms with E-state index in [-0.39, 0.29) is 30.8 Å². The van der Waals surface area contributed by atoms with Gasteiger partial charge in [0, 0.05) is 24.5 Å². The molecule has 0 unspecified atom stereocenters. The lowest BCUT2D eigenvalue weighted by atomic mass is 9.98. The number of aromatic nitrogens is 1. The molecule has 0 aliphatic carbocycles. The van der Waals surface area contributed by atoms with E-state index in [9.17, 15) is 22.8 Å². The quantitative estimate of drug-likeness (QED) is 0.525. The van der Waals surface area contributed by atoms with Gasteiger partial charge in [-0.15, -0.1) is 0 Å². The maximum Gasteiger partial charge on any atom is 0.340 e. The van der Waals surface area contributed by atoms with Gasteiger partial charge in [-0.1, -0.05) is 0 Å². The summed E-state index contributed by atoms with van der Waals surface area (Å²) in [6.45, 7) is 5.17. The first-order chi connectivity index (χ1) is 13.1. The molecule has 2 rings (SSSR count). The molecule has 1 aliphatic heterocycles. The monoisotopic (exact) mass is 414 g/mol. The Hall–Kier alpha value is -2.20. The molecule has 0 atom stereocenters. The van der Waals surface area contributed by atoms with E-state index in [0.717, 1.165) is 6.26 Å².